The van der Waals surface area contributed by atoms with E-state index in [1.807, 2.05) is 0 Å². The third-order valence-electron chi connectivity index (χ3n) is 3.02. The third-order valence-corrected chi connectivity index (χ3v) is 3.02. The zero-order valence-corrected chi connectivity index (χ0v) is 10.8. The molecule has 19 heavy (non-hydrogen) atoms. The molecular weight excluding hydrogens is 248 g/mol. The second kappa shape index (κ2) is 5.36. The summed E-state index contributed by atoms with van der Waals surface area (Å²) >= 11 is 0. The van der Waals surface area contributed by atoms with Crippen molar-refractivity contribution in [2.75, 3.05) is 11.9 Å². The first kappa shape index (κ1) is 13.5. The van der Waals surface area contributed by atoms with Crippen molar-refractivity contribution in [1.82, 2.24) is 0 Å². The van der Waals surface area contributed by atoms with E-state index in [-0.39, 0.29) is 5.82 Å². The fourth-order valence-electron chi connectivity index (χ4n) is 2.02. The van der Waals surface area contributed by atoms with Gasteiger partial charge in [-0.15, -0.1) is 0 Å². The molecule has 1 atom stereocenters. The Kier molecular flexibility index (Phi) is 3.81. The Morgan fingerprint density at radius 1 is 1.05 bits per heavy atom. The van der Waals surface area contributed by atoms with Gasteiger partial charge in [0.05, 0.1) is 11.8 Å². The lowest BCUT2D eigenvalue weighted by Crippen LogP contribution is -2.14. The highest BCUT2D eigenvalue weighted by Gasteiger charge is 2.17. The number of aliphatic hydroxyl groups is 1. The molecule has 0 radical (unpaired) electrons. The van der Waals surface area contributed by atoms with Crippen molar-refractivity contribution in [3.05, 3.63) is 59.7 Å². The van der Waals surface area contributed by atoms with Gasteiger partial charge in [0.1, 0.15) is 11.6 Å². The van der Waals surface area contributed by atoms with Gasteiger partial charge < -0.3 is 10.0 Å². The lowest BCUT2D eigenvalue weighted by Gasteiger charge is -2.24. The zero-order valence-electron chi connectivity index (χ0n) is 10.8. The fourth-order valence-corrected chi connectivity index (χ4v) is 2.02. The van der Waals surface area contributed by atoms with Crippen LogP contribution in [0.3, 0.4) is 0 Å². The van der Waals surface area contributed by atoms with Crippen LogP contribution in [-0.4, -0.2) is 12.2 Å². The minimum Gasteiger partial charge on any atom is -0.389 e. The van der Waals surface area contributed by atoms with E-state index in [2.05, 4.69) is 0 Å². The zero-order chi connectivity index (χ0) is 14.0. The summed E-state index contributed by atoms with van der Waals surface area (Å²) in [6.45, 7) is 1.58. The lowest BCUT2D eigenvalue weighted by molar-refractivity contribution is 0.199. The maximum Gasteiger partial charge on any atom is 0.147 e. The van der Waals surface area contributed by atoms with Crippen molar-refractivity contribution in [3.8, 4) is 0 Å². The van der Waals surface area contributed by atoms with E-state index < -0.39 is 11.9 Å². The summed E-state index contributed by atoms with van der Waals surface area (Å²) in [5.41, 5.74) is 1.43. The lowest BCUT2D eigenvalue weighted by atomic mass is 10.1. The van der Waals surface area contributed by atoms with Crippen LogP contribution in [0.15, 0.2) is 42.5 Å². The van der Waals surface area contributed by atoms with Gasteiger partial charge in [-0.3, -0.25) is 0 Å². The molecule has 100 valence electrons. The second-order valence-electron chi connectivity index (χ2n) is 4.39. The van der Waals surface area contributed by atoms with Gasteiger partial charge in [-0.05, 0) is 37.3 Å². The maximum absolute atomic E-state index is 14.0. The first-order chi connectivity index (χ1) is 9.00. The second-order valence-corrected chi connectivity index (χ2v) is 4.39. The summed E-state index contributed by atoms with van der Waals surface area (Å²) in [5.74, 6) is -0.772. The molecule has 0 aliphatic heterocycles. The van der Waals surface area contributed by atoms with E-state index in [0.29, 0.717) is 16.9 Å². The first-order valence-corrected chi connectivity index (χ1v) is 5.96. The molecule has 0 spiro atoms. The Bertz CT molecular complexity index is 567. The largest absolute Gasteiger partial charge is 0.389 e. The summed E-state index contributed by atoms with van der Waals surface area (Å²) in [5, 5.41) is 9.72. The van der Waals surface area contributed by atoms with Crippen LogP contribution in [0.4, 0.5) is 20.2 Å². The van der Waals surface area contributed by atoms with Gasteiger partial charge in [0.2, 0.25) is 0 Å². The molecule has 0 amide bonds. The molecule has 1 N–H and O–H groups in total. The predicted octanol–water partition coefficient (Wildman–Crippen LogP) is 3.79. The first-order valence-electron chi connectivity index (χ1n) is 5.96. The van der Waals surface area contributed by atoms with Gasteiger partial charge in [-0.2, -0.15) is 0 Å². The molecule has 0 aliphatic carbocycles. The third kappa shape index (κ3) is 2.74. The summed E-state index contributed by atoms with van der Waals surface area (Å²) < 4.78 is 26.9. The summed E-state index contributed by atoms with van der Waals surface area (Å²) in [6.07, 6.45) is -0.784. The standard InChI is InChI=1S/C15H15F2NO/c1-10(19)13-4-3-5-14(17)15(13)18(2)12-8-6-11(16)7-9-12/h3-10,19H,1-2H3/t10-/m0/s1. The van der Waals surface area contributed by atoms with Gasteiger partial charge in [0, 0.05) is 18.3 Å². The molecule has 4 heteroatoms. The monoisotopic (exact) mass is 263 g/mol. The number of anilines is 2. The molecule has 0 heterocycles. The minimum atomic E-state index is -0.784. The molecule has 0 fully saturated rings. The van der Waals surface area contributed by atoms with Crippen LogP contribution in [-0.2, 0) is 0 Å². The topological polar surface area (TPSA) is 23.5 Å². The molecule has 0 aliphatic rings. The molecule has 2 rings (SSSR count). The Labute approximate surface area is 110 Å². The minimum absolute atomic E-state index is 0.295. The van der Waals surface area contributed by atoms with Gasteiger partial charge in [-0.25, -0.2) is 8.78 Å². The number of para-hydroxylation sites is 1. The SMILES string of the molecule is C[C@H](O)c1cccc(F)c1N(C)c1ccc(F)cc1. The molecule has 0 unspecified atom stereocenters. The highest BCUT2D eigenvalue weighted by Crippen LogP contribution is 2.33. The molecule has 0 aromatic heterocycles. The van der Waals surface area contributed by atoms with Crippen molar-refractivity contribution >= 4 is 11.4 Å². The highest BCUT2D eigenvalue weighted by molar-refractivity contribution is 5.66. The van der Waals surface area contributed by atoms with E-state index in [9.17, 15) is 13.9 Å². The van der Waals surface area contributed by atoms with E-state index in [4.69, 9.17) is 0 Å². The van der Waals surface area contributed by atoms with Gasteiger partial charge in [0.25, 0.3) is 0 Å². The van der Waals surface area contributed by atoms with Crippen molar-refractivity contribution in [2.24, 2.45) is 0 Å². The Hall–Kier alpha value is -1.94. The van der Waals surface area contributed by atoms with Crippen LogP contribution < -0.4 is 4.90 Å². The van der Waals surface area contributed by atoms with Crippen LogP contribution in [0, 0.1) is 11.6 Å². The van der Waals surface area contributed by atoms with Crippen molar-refractivity contribution in [1.29, 1.82) is 0 Å². The maximum atomic E-state index is 14.0. The van der Waals surface area contributed by atoms with Crippen molar-refractivity contribution in [2.45, 2.75) is 13.0 Å². The summed E-state index contributed by atoms with van der Waals surface area (Å²) in [4.78, 5) is 1.59. The smallest absolute Gasteiger partial charge is 0.147 e. The number of benzene rings is 2. The highest BCUT2D eigenvalue weighted by atomic mass is 19.1. The Morgan fingerprint density at radius 2 is 1.68 bits per heavy atom. The van der Waals surface area contributed by atoms with E-state index in [0.717, 1.165) is 0 Å². The van der Waals surface area contributed by atoms with Crippen LogP contribution in [0.2, 0.25) is 0 Å². The van der Waals surface area contributed by atoms with Crippen molar-refractivity contribution in [3.63, 3.8) is 0 Å². The normalized spacial score (nSPS) is 12.3. The van der Waals surface area contributed by atoms with Gasteiger partial charge in [0.15, 0.2) is 0 Å². The molecule has 0 saturated carbocycles. The quantitative estimate of drug-likeness (QED) is 0.910. The van der Waals surface area contributed by atoms with Crippen LogP contribution in [0.5, 0.6) is 0 Å². The number of nitrogens with zero attached hydrogens (tertiary/aromatic N) is 1. The molecular formula is C15H15F2NO. The Balaban J connectivity index is 2.49. The number of aliphatic hydroxyl groups excluding tert-OH is 1. The van der Waals surface area contributed by atoms with E-state index in [1.54, 1.807) is 43.1 Å². The Morgan fingerprint density at radius 3 is 2.26 bits per heavy atom. The van der Waals surface area contributed by atoms with E-state index >= 15 is 0 Å². The van der Waals surface area contributed by atoms with E-state index in [1.165, 1.54) is 18.2 Å². The van der Waals surface area contributed by atoms with Crippen LogP contribution in [0.1, 0.15) is 18.6 Å². The average molecular weight is 263 g/mol. The number of hydrogen-bond donors (Lipinski definition) is 1. The fraction of sp³-hybridized carbons (Fsp3) is 0.200. The molecule has 2 aromatic rings. The van der Waals surface area contributed by atoms with Crippen molar-refractivity contribution < 1.29 is 13.9 Å². The predicted molar refractivity (Wildman–Crippen MR) is 71.5 cm³/mol. The molecule has 2 nitrogen and oxygen atoms in total. The molecule has 0 bridgehead atoms. The molecule has 0 saturated heterocycles. The molecule has 2 aromatic carbocycles. The number of halogens is 2. The average Bonchev–Trinajstić information content (AvgIpc) is 2.38. The number of rotatable bonds is 3. The summed E-state index contributed by atoms with van der Waals surface area (Å²) in [7, 11) is 1.68. The van der Waals surface area contributed by atoms with Gasteiger partial charge in [-0.1, -0.05) is 12.1 Å². The summed E-state index contributed by atoms with van der Waals surface area (Å²) in [6, 6.07) is 10.3. The number of hydrogen-bond acceptors (Lipinski definition) is 2. The van der Waals surface area contributed by atoms with Crippen LogP contribution >= 0.6 is 0 Å². The van der Waals surface area contributed by atoms with Crippen LogP contribution in [0.25, 0.3) is 0 Å². The van der Waals surface area contributed by atoms with Gasteiger partial charge >= 0.3 is 0 Å².